The molecule has 2 saturated heterocycles. The highest BCUT2D eigenvalue weighted by atomic mass is 16.4. The summed E-state index contributed by atoms with van der Waals surface area (Å²) in [5.41, 5.74) is 3.39. The molecular formula is C19H22N4O3. The molecule has 2 aliphatic rings. The van der Waals surface area contributed by atoms with E-state index >= 15 is 0 Å². The number of carboxylic acids is 1. The number of amides is 1. The van der Waals surface area contributed by atoms with Crippen LogP contribution in [0.4, 0.5) is 0 Å². The molecule has 26 heavy (non-hydrogen) atoms. The van der Waals surface area contributed by atoms with E-state index in [1.54, 1.807) is 6.20 Å². The lowest BCUT2D eigenvalue weighted by Gasteiger charge is -2.23. The van der Waals surface area contributed by atoms with Gasteiger partial charge in [-0.15, -0.1) is 0 Å². The Kier molecular flexibility index (Phi) is 3.84. The zero-order valence-corrected chi connectivity index (χ0v) is 14.9. The Hall–Kier alpha value is -2.67. The molecule has 136 valence electrons. The molecule has 0 bridgehead atoms. The van der Waals surface area contributed by atoms with Crippen LogP contribution in [0.1, 0.15) is 16.7 Å². The Morgan fingerprint density at radius 3 is 2.88 bits per heavy atom. The van der Waals surface area contributed by atoms with Crippen molar-refractivity contribution in [3.8, 4) is 5.69 Å². The summed E-state index contributed by atoms with van der Waals surface area (Å²) >= 11 is 0. The summed E-state index contributed by atoms with van der Waals surface area (Å²) < 4.78 is 1.84. The third-order valence-corrected chi connectivity index (χ3v) is 5.66. The highest BCUT2D eigenvalue weighted by Gasteiger charge is 2.59. The molecule has 2 aromatic rings. The van der Waals surface area contributed by atoms with Gasteiger partial charge in [0, 0.05) is 38.6 Å². The van der Waals surface area contributed by atoms with Crippen molar-refractivity contribution < 1.29 is 14.7 Å². The monoisotopic (exact) mass is 354 g/mol. The molecule has 2 aliphatic heterocycles. The summed E-state index contributed by atoms with van der Waals surface area (Å²) in [7, 11) is 0. The second-order valence-corrected chi connectivity index (χ2v) is 7.43. The number of nitrogens with zero attached hydrogens (tertiary/aromatic N) is 3. The maximum absolute atomic E-state index is 12.1. The van der Waals surface area contributed by atoms with Crippen molar-refractivity contribution in [2.45, 2.75) is 20.4 Å². The number of aromatic nitrogens is 2. The van der Waals surface area contributed by atoms with Crippen LogP contribution >= 0.6 is 0 Å². The van der Waals surface area contributed by atoms with Gasteiger partial charge in [0.25, 0.3) is 0 Å². The molecule has 4 rings (SSSR count). The molecule has 2 fully saturated rings. The standard InChI is InChI=1S/C19H22N4O3/c1-12-6-13(2)14(16(7-12)23-5-3-4-21-23)8-22-9-15-17(24)20-10-19(15,11-22)18(25)26/h3-7,15H,8-11H2,1-2H3,(H,20,24)(H,25,26)/t15-,19+/m1/s1. The normalized spacial score (nSPS) is 25.3. The zero-order chi connectivity index (χ0) is 18.5. The summed E-state index contributed by atoms with van der Waals surface area (Å²) in [5.74, 6) is -1.53. The number of fused-ring (bicyclic) bond motifs is 1. The predicted molar refractivity (Wildman–Crippen MR) is 94.9 cm³/mol. The molecule has 2 N–H and O–H groups in total. The van der Waals surface area contributed by atoms with E-state index in [1.807, 2.05) is 23.9 Å². The molecule has 7 heteroatoms. The first-order chi connectivity index (χ1) is 12.4. The fourth-order valence-corrected chi connectivity index (χ4v) is 4.32. The molecule has 1 amide bonds. The third-order valence-electron chi connectivity index (χ3n) is 5.66. The lowest BCUT2D eigenvalue weighted by Crippen LogP contribution is -2.40. The van der Waals surface area contributed by atoms with Crippen molar-refractivity contribution in [3.05, 3.63) is 47.3 Å². The fourth-order valence-electron chi connectivity index (χ4n) is 4.32. The number of rotatable bonds is 4. The Morgan fingerprint density at radius 1 is 1.42 bits per heavy atom. The van der Waals surface area contributed by atoms with Gasteiger partial charge in [-0.1, -0.05) is 6.07 Å². The molecule has 1 aromatic carbocycles. The van der Waals surface area contributed by atoms with E-state index in [0.29, 0.717) is 19.6 Å². The fraction of sp³-hybridized carbons (Fsp3) is 0.421. The molecule has 0 unspecified atom stereocenters. The van der Waals surface area contributed by atoms with Gasteiger partial charge < -0.3 is 10.4 Å². The number of carbonyl (C=O) groups excluding carboxylic acids is 1. The van der Waals surface area contributed by atoms with Crippen LogP contribution in [0.3, 0.4) is 0 Å². The summed E-state index contributed by atoms with van der Waals surface area (Å²) in [6, 6.07) is 6.09. The summed E-state index contributed by atoms with van der Waals surface area (Å²) in [6.07, 6.45) is 3.65. The SMILES string of the molecule is Cc1cc(C)c(CN2C[C@@H]3C(=O)NC[C@]3(C(=O)O)C2)c(-n2cccn2)c1. The van der Waals surface area contributed by atoms with Gasteiger partial charge in [0.15, 0.2) is 0 Å². The van der Waals surface area contributed by atoms with Crippen LogP contribution in [0.2, 0.25) is 0 Å². The Labute approximate surface area is 151 Å². The maximum Gasteiger partial charge on any atom is 0.313 e. The number of aliphatic carboxylic acids is 1. The zero-order valence-electron chi connectivity index (χ0n) is 14.9. The van der Waals surface area contributed by atoms with Crippen molar-refractivity contribution in [1.29, 1.82) is 0 Å². The Bertz CT molecular complexity index is 877. The number of carbonyl (C=O) groups is 2. The Morgan fingerprint density at radius 2 is 2.23 bits per heavy atom. The molecule has 7 nitrogen and oxygen atoms in total. The number of benzene rings is 1. The van der Waals surface area contributed by atoms with Gasteiger partial charge in [-0.2, -0.15) is 5.10 Å². The van der Waals surface area contributed by atoms with Crippen LogP contribution in [-0.4, -0.2) is 51.3 Å². The smallest absolute Gasteiger partial charge is 0.313 e. The average Bonchev–Trinajstić information content (AvgIpc) is 3.28. The van der Waals surface area contributed by atoms with Crippen LogP contribution in [0.25, 0.3) is 5.69 Å². The van der Waals surface area contributed by atoms with Crippen molar-refractivity contribution in [2.75, 3.05) is 19.6 Å². The molecule has 0 radical (unpaired) electrons. The number of carboxylic acid groups (broad SMARTS) is 1. The molecular weight excluding hydrogens is 332 g/mol. The quantitative estimate of drug-likeness (QED) is 0.859. The summed E-state index contributed by atoms with van der Waals surface area (Å²) in [4.78, 5) is 26.1. The van der Waals surface area contributed by atoms with Crippen LogP contribution in [0.5, 0.6) is 0 Å². The first-order valence-corrected chi connectivity index (χ1v) is 8.74. The first kappa shape index (κ1) is 16.8. The van der Waals surface area contributed by atoms with Crippen molar-refractivity contribution >= 4 is 11.9 Å². The van der Waals surface area contributed by atoms with Crippen molar-refractivity contribution in [1.82, 2.24) is 20.0 Å². The van der Waals surface area contributed by atoms with Gasteiger partial charge in [0.05, 0.1) is 11.6 Å². The maximum atomic E-state index is 12.1. The molecule has 1 aromatic heterocycles. The highest BCUT2D eigenvalue weighted by molar-refractivity contribution is 5.92. The molecule has 0 spiro atoms. The predicted octanol–water partition coefficient (Wildman–Crippen LogP) is 1.12. The first-order valence-electron chi connectivity index (χ1n) is 8.74. The minimum Gasteiger partial charge on any atom is -0.481 e. The van der Waals surface area contributed by atoms with E-state index in [0.717, 1.165) is 22.4 Å². The van der Waals surface area contributed by atoms with Crippen molar-refractivity contribution in [2.24, 2.45) is 11.3 Å². The van der Waals surface area contributed by atoms with Crippen LogP contribution in [-0.2, 0) is 16.1 Å². The van der Waals surface area contributed by atoms with E-state index in [1.165, 1.54) is 0 Å². The third kappa shape index (κ3) is 2.50. The van der Waals surface area contributed by atoms with Crippen LogP contribution in [0.15, 0.2) is 30.6 Å². The van der Waals surface area contributed by atoms with Gasteiger partial charge in [0.1, 0.15) is 5.41 Å². The second-order valence-electron chi connectivity index (χ2n) is 7.43. The average molecular weight is 354 g/mol. The number of hydrogen-bond donors (Lipinski definition) is 2. The lowest BCUT2D eigenvalue weighted by atomic mass is 9.81. The number of likely N-dealkylation sites (tertiary alicyclic amines) is 1. The van der Waals surface area contributed by atoms with E-state index in [4.69, 9.17) is 0 Å². The molecule has 0 aliphatic carbocycles. The molecule has 2 atom stereocenters. The minimum absolute atomic E-state index is 0.150. The highest BCUT2D eigenvalue weighted by Crippen LogP contribution is 2.41. The second kappa shape index (κ2) is 5.95. The Balaban J connectivity index is 1.67. The summed E-state index contributed by atoms with van der Waals surface area (Å²) in [5, 5.41) is 16.8. The number of nitrogens with one attached hydrogen (secondary N) is 1. The largest absolute Gasteiger partial charge is 0.481 e. The lowest BCUT2D eigenvalue weighted by molar-refractivity contribution is -0.149. The van der Waals surface area contributed by atoms with Crippen LogP contribution < -0.4 is 5.32 Å². The van der Waals surface area contributed by atoms with E-state index < -0.39 is 17.3 Å². The topological polar surface area (TPSA) is 87.5 Å². The van der Waals surface area contributed by atoms with Gasteiger partial charge in [-0.3, -0.25) is 14.5 Å². The number of aryl methyl sites for hydroxylation is 2. The number of hydrogen-bond acceptors (Lipinski definition) is 4. The van der Waals surface area contributed by atoms with Crippen LogP contribution in [0, 0.1) is 25.2 Å². The summed E-state index contributed by atoms with van der Waals surface area (Å²) in [6.45, 7) is 5.75. The molecule has 0 saturated carbocycles. The van der Waals surface area contributed by atoms with Gasteiger partial charge in [0.2, 0.25) is 5.91 Å². The van der Waals surface area contributed by atoms with Gasteiger partial charge in [-0.25, -0.2) is 4.68 Å². The van der Waals surface area contributed by atoms with E-state index in [-0.39, 0.29) is 12.5 Å². The van der Waals surface area contributed by atoms with Crippen molar-refractivity contribution in [3.63, 3.8) is 0 Å². The minimum atomic E-state index is -1.01. The van der Waals surface area contributed by atoms with Gasteiger partial charge in [-0.05, 0) is 42.7 Å². The van der Waals surface area contributed by atoms with Gasteiger partial charge >= 0.3 is 5.97 Å². The molecule has 3 heterocycles. The van der Waals surface area contributed by atoms with E-state index in [9.17, 15) is 14.7 Å². The van der Waals surface area contributed by atoms with E-state index in [2.05, 4.69) is 34.4 Å².